The molecule has 11 heteroatoms. The number of nitrogens with two attached hydrogens (primary N) is 1. The Morgan fingerprint density at radius 2 is 1.96 bits per heavy atom. The average molecular weight is 415 g/mol. The van der Waals surface area contributed by atoms with Crippen LogP contribution in [0.1, 0.15) is 48.5 Å². The number of unbranched alkanes of at least 4 members (excludes halogenated alkanes) is 2. The van der Waals surface area contributed by atoms with Crippen LogP contribution in [0.25, 0.3) is 0 Å². The van der Waals surface area contributed by atoms with Crippen molar-refractivity contribution in [3.05, 3.63) is 29.3 Å². The number of carbonyl (C=O) groups excluding carboxylic acids is 2. The van der Waals surface area contributed by atoms with Crippen LogP contribution in [0.4, 0.5) is 0 Å². The molecule has 0 bridgehead atoms. The van der Waals surface area contributed by atoms with E-state index in [1.54, 1.807) is 6.92 Å². The van der Waals surface area contributed by atoms with Crippen LogP contribution >= 0.6 is 0 Å². The first-order valence-electron chi connectivity index (χ1n) is 8.66. The molecule has 0 aliphatic heterocycles. The Hall–Kier alpha value is -2.66. The fraction of sp³-hybridized carbons (Fsp3) is 0.471. The first-order chi connectivity index (χ1) is 13.1. The molecular formula is C17H25N3O7S. The number of benzene rings is 1. The van der Waals surface area contributed by atoms with Crippen LogP contribution in [-0.2, 0) is 25.4 Å². The standard InChI is InChI=1S/C17H25N3O7S/c1-2-26-16(22)14-8-7-13(10-12(14)11-28(23,24)25)27-15(21)6-4-3-5-9-20-17(18)19/h7-8,10H,2-6,9,11H2,1H3,(H4,18,19,20)(H,23,24,25). The molecule has 10 nitrogen and oxygen atoms in total. The number of carbonyl (C=O) groups is 2. The molecule has 5 N–H and O–H groups in total. The topological polar surface area (TPSA) is 169 Å². The van der Waals surface area contributed by atoms with Crippen molar-refractivity contribution >= 4 is 28.0 Å². The maximum Gasteiger partial charge on any atom is 0.338 e. The third-order valence-electron chi connectivity index (χ3n) is 3.51. The van der Waals surface area contributed by atoms with Crippen molar-refractivity contribution in [2.75, 3.05) is 13.2 Å². The summed E-state index contributed by atoms with van der Waals surface area (Å²) in [5.41, 5.74) is 5.10. The summed E-state index contributed by atoms with van der Waals surface area (Å²) < 4.78 is 41.5. The van der Waals surface area contributed by atoms with Gasteiger partial charge in [-0.1, -0.05) is 6.42 Å². The Morgan fingerprint density at radius 1 is 1.25 bits per heavy atom. The molecule has 0 unspecified atom stereocenters. The highest BCUT2D eigenvalue weighted by Crippen LogP contribution is 2.21. The van der Waals surface area contributed by atoms with Gasteiger partial charge in [-0.3, -0.25) is 14.8 Å². The maximum atomic E-state index is 11.9. The van der Waals surface area contributed by atoms with Gasteiger partial charge in [0, 0.05) is 13.0 Å². The lowest BCUT2D eigenvalue weighted by atomic mass is 10.1. The molecule has 0 saturated heterocycles. The highest BCUT2D eigenvalue weighted by molar-refractivity contribution is 7.85. The summed E-state index contributed by atoms with van der Waals surface area (Å²) in [5.74, 6) is -2.10. The van der Waals surface area contributed by atoms with E-state index in [1.165, 1.54) is 18.2 Å². The van der Waals surface area contributed by atoms with E-state index in [0.717, 1.165) is 12.8 Å². The Labute approximate surface area is 163 Å². The zero-order valence-corrected chi connectivity index (χ0v) is 16.4. The van der Waals surface area contributed by atoms with Crippen LogP contribution in [0.15, 0.2) is 18.2 Å². The van der Waals surface area contributed by atoms with Crippen LogP contribution in [-0.4, -0.2) is 44.0 Å². The van der Waals surface area contributed by atoms with E-state index < -0.39 is 27.8 Å². The van der Waals surface area contributed by atoms with Gasteiger partial charge in [-0.25, -0.2) is 4.79 Å². The first kappa shape index (κ1) is 23.4. The van der Waals surface area contributed by atoms with Crippen LogP contribution < -0.4 is 15.8 Å². The third-order valence-corrected chi connectivity index (χ3v) is 4.19. The van der Waals surface area contributed by atoms with Gasteiger partial charge in [0.2, 0.25) is 0 Å². The highest BCUT2D eigenvalue weighted by atomic mass is 32.2. The minimum Gasteiger partial charge on any atom is -0.462 e. The Bertz CT molecular complexity index is 809. The van der Waals surface area contributed by atoms with Crippen molar-refractivity contribution < 1.29 is 32.0 Å². The normalized spacial score (nSPS) is 10.9. The van der Waals surface area contributed by atoms with Gasteiger partial charge in [-0.15, -0.1) is 0 Å². The summed E-state index contributed by atoms with van der Waals surface area (Å²) in [5, 5.41) is 9.67. The van der Waals surface area contributed by atoms with Gasteiger partial charge in [0.05, 0.1) is 12.2 Å². The summed E-state index contributed by atoms with van der Waals surface area (Å²) in [6.45, 7) is 2.24. The van der Waals surface area contributed by atoms with Crippen molar-refractivity contribution in [2.45, 2.75) is 38.4 Å². The second-order valence-electron chi connectivity index (χ2n) is 5.89. The molecule has 28 heavy (non-hydrogen) atoms. The molecule has 0 spiro atoms. The van der Waals surface area contributed by atoms with E-state index in [0.29, 0.717) is 13.0 Å². The molecule has 1 aromatic carbocycles. The summed E-state index contributed by atoms with van der Waals surface area (Å²) in [6.07, 6.45) is 2.18. The molecule has 156 valence electrons. The smallest absolute Gasteiger partial charge is 0.338 e. The van der Waals surface area contributed by atoms with Crippen LogP contribution in [0.2, 0.25) is 0 Å². The third kappa shape index (κ3) is 9.33. The van der Waals surface area contributed by atoms with E-state index >= 15 is 0 Å². The first-order valence-corrected chi connectivity index (χ1v) is 10.3. The van der Waals surface area contributed by atoms with E-state index in [4.69, 9.17) is 25.2 Å². The van der Waals surface area contributed by atoms with Gasteiger partial charge >= 0.3 is 11.9 Å². The average Bonchev–Trinajstić information content (AvgIpc) is 2.56. The molecule has 1 rings (SSSR count). The summed E-state index contributed by atoms with van der Waals surface area (Å²) in [7, 11) is -4.40. The molecule has 0 heterocycles. The summed E-state index contributed by atoms with van der Waals surface area (Å²) in [4.78, 5) is 23.8. The van der Waals surface area contributed by atoms with Gasteiger partial charge in [-0.2, -0.15) is 8.42 Å². The quantitative estimate of drug-likeness (QED) is 0.104. The van der Waals surface area contributed by atoms with Crippen molar-refractivity contribution in [3.8, 4) is 5.75 Å². The zero-order chi connectivity index (χ0) is 21.2. The predicted octanol–water partition coefficient (Wildman–Crippen LogP) is 1.20. The monoisotopic (exact) mass is 415 g/mol. The molecule has 1 aromatic rings. The lowest BCUT2D eigenvalue weighted by molar-refractivity contribution is -0.134. The van der Waals surface area contributed by atoms with E-state index in [2.05, 4.69) is 5.32 Å². The van der Waals surface area contributed by atoms with Crippen molar-refractivity contribution in [2.24, 2.45) is 5.73 Å². The van der Waals surface area contributed by atoms with E-state index in [-0.39, 0.29) is 35.9 Å². The molecule has 0 saturated carbocycles. The number of esters is 2. The Kier molecular flexibility index (Phi) is 9.39. The van der Waals surface area contributed by atoms with Crippen molar-refractivity contribution in [3.63, 3.8) is 0 Å². The molecular weight excluding hydrogens is 390 g/mol. The van der Waals surface area contributed by atoms with E-state index in [9.17, 15) is 18.0 Å². The van der Waals surface area contributed by atoms with E-state index in [1.807, 2.05) is 0 Å². The van der Waals surface area contributed by atoms with Gasteiger partial charge in [-0.05, 0) is 43.5 Å². The lowest BCUT2D eigenvalue weighted by Gasteiger charge is -2.11. The van der Waals surface area contributed by atoms with Crippen molar-refractivity contribution in [1.82, 2.24) is 5.32 Å². The van der Waals surface area contributed by atoms with Crippen LogP contribution in [0.5, 0.6) is 5.75 Å². The zero-order valence-electron chi connectivity index (χ0n) is 15.6. The number of hydrogen-bond donors (Lipinski definition) is 4. The minimum absolute atomic E-state index is 0.0263. The molecule has 0 fully saturated rings. The van der Waals surface area contributed by atoms with Gasteiger partial charge in [0.15, 0.2) is 5.96 Å². The van der Waals surface area contributed by atoms with Gasteiger partial charge in [0.25, 0.3) is 10.1 Å². The second kappa shape index (κ2) is 11.2. The van der Waals surface area contributed by atoms with Gasteiger partial charge < -0.3 is 20.5 Å². The Balaban J connectivity index is 2.69. The molecule has 0 radical (unpaired) electrons. The molecule has 0 aliphatic carbocycles. The second-order valence-corrected chi connectivity index (χ2v) is 7.34. The summed E-state index contributed by atoms with van der Waals surface area (Å²) >= 11 is 0. The lowest BCUT2D eigenvalue weighted by Crippen LogP contribution is -2.30. The number of guanidine groups is 1. The van der Waals surface area contributed by atoms with Crippen LogP contribution in [0.3, 0.4) is 0 Å². The number of ether oxygens (including phenoxy) is 2. The molecule has 0 aliphatic rings. The SMILES string of the molecule is CCOC(=O)c1ccc(OC(=O)CCCCCNC(=N)N)cc1CS(=O)(=O)O. The molecule has 0 aromatic heterocycles. The molecule has 0 amide bonds. The summed E-state index contributed by atoms with van der Waals surface area (Å²) in [6, 6.07) is 3.86. The largest absolute Gasteiger partial charge is 0.462 e. The number of hydrogen-bond acceptors (Lipinski definition) is 7. The fourth-order valence-corrected chi connectivity index (χ4v) is 2.97. The fourth-order valence-electron chi connectivity index (χ4n) is 2.33. The number of nitrogens with one attached hydrogen (secondary N) is 2. The predicted molar refractivity (Wildman–Crippen MR) is 102 cm³/mol. The Morgan fingerprint density at radius 3 is 2.57 bits per heavy atom. The van der Waals surface area contributed by atoms with Gasteiger partial charge in [0.1, 0.15) is 11.5 Å². The highest BCUT2D eigenvalue weighted by Gasteiger charge is 2.19. The minimum atomic E-state index is -4.40. The molecule has 0 atom stereocenters. The van der Waals surface area contributed by atoms with Crippen LogP contribution in [0, 0.1) is 5.41 Å². The maximum absolute atomic E-state index is 11.9. The number of rotatable bonds is 11. The van der Waals surface area contributed by atoms with Crippen molar-refractivity contribution in [1.29, 1.82) is 5.41 Å².